The van der Waals surface area contributed by atoms with Gasteiger partial charge in [-0.15, -0.1) is 0 Å². The molecule has 0 saturated carbocycles. The highest BCUT2D eigenvalue weighted by Gasteiger charge is 2.14. The van der Waals surface area contributed by atoms with Crippen LogP contribution in [-0.4, -0.2) is 49.9 Å². The summed E-state index contributed by atoms with van der Waals surface area (Å²) in [7, 11) is 3.59. The molecule has 0 saturated heterocycles. The lowest BCUT2D eigenvalue weighted by atomic mass is 10.1. The summed E-state index contributed by atoms with van der Waals surface area (Å²) >= 11 is 1.83. The second kappa shape index (κ2) is 8.23. The normalized spacial score (nSPS) is 10.8. The molecule has 3 nitrogen and oxygen atoms in total. The lowest BCUT2D eigenvalue weighted by molar-refractivity contribution is 0.0943. The Morgan fingerprint density at radius 2 is 2.16 bits per heavy atom. The van der Waals surface area contributed by atoms with Crippen LogP contribution in [0.15, 0.2) is 18.2 Å². The smallest absolute Gasteiger partial charge is 0.180 e. The number of methoxy groups -OCH3 is 1. The van der Waals surface area contributed by atoms with Gasteiger partial charge in [0.25, 0.3) is 0 Å². The van der Waals surface area contributed by atoms with Gasteiger partial charge in [0.15, 0.2) is 5.78 Å². The zero-order valence-electron chi connectivity index (χ0n) is 12.2. The largest absolute Gasteiger partial charge is 0.496 e. The third-order valence-corrected chi connectivity index (χ3v) is 3.66. The van der Waals surface area contributed by atoms with Crippen LogP contribution < -0.4 is 4.74 Å². The average molecular weight is 281 g/mol. The Hall–Kier alpha value is -1.00. The molecule has 0 aliphatic heterocycles. The predicted molar refractivity (Wildman–Crippen MR) is 82.6 cm³/mol. The van der Waals surface area contributed by atoms with Gasteiger partial charge in [0.2, 0.25) is 0 Å². The van der Waals surface area contributed by atoms with Crippen LogP contribution in [0.1, 0.15) is 22.3 Å². The predicted octanol–water partition coefficient (Wildman–Crippen LogP) is 2.87. The molecule has 0 radical (unpaired) electrons. The van der Waals surface area contributed by atoms with Gasteiger partial charge in [-0.2, -0.15) is 11.8 Å². The van der Waals surface area contributed by atoms with Gasteiger partial charge in [-0.3, -0.25) is 9.69 Å². The summed E-state index contributed by atoms with van der Waals surface area (Å²) in [6, 6.07) is 5.71. The molecule has 0 atom stereocenters. The first-order valence-electron chi connectivity index (χ1n) is 6.43. The van der Waals surface area contributed by atoms with Gasteiger partial charge in [0.1, 0.15) is 5.75 Å². The van der Waals surface area contributed by atoms with Crippen molar-refractivity contribution in [3.05, 3.63) is 29.3 Å². The zero-order chi connectivity index (χ0) is 14.3. The van der Waals surface area contributed by atoms with Crippen LogP contribution in [0.2, 0.25) is 0 Å². The van der Waals surface area contributed by atoms with Gasteiger partial charge in [0.05, 0.1) is 19.2 Å². The van der Waals surface area contributed by atoms with Crippen LogP contribution in [0, 0.1) is 6.92 Å². The van der Waals surface area contributed by atoms with E-state index in [1.807, 2.05) is 43.9 Å². The monoisotopic (exact) mass is 281 g/mol. The van der Waals surface area contributed by atoms with Crippen molar-refractivity contribution in [2.45, 2.75) is 13.3 Å². The number of ketones is 1. The summed E-state index contributed by atoms with van der Waals surface area (Å²) in [5, 5.41) is 0. The number of Topliss-reactive ketones (excluding diaryl/α,β-unsaturated/α-hetero) is 1. The Labute approximate surface area is 120 Å². The number of benzene rings is 1. The summed E-state index contributed by atoms with van der Waals surface area (Å²) in [5.41, 5.74) is 1.77. The maximum Gasteiger partial charge on any atom is 0.180 e. The fourth-order valence-electron chi connectivity index (χ4n) is 1.92. The molecule has 1 rings (SSSR count). The molecule has 0 bridgehead atoms. The molecule has 0 unspecified atom stereocenters. The molecule has 1 aromatic rings. The lowest BCUT2D eigenvalue weighted by Crippen LogP contribution is -2.27. The summed E-state index contributed by atoms with van der Waals surface area (Å²) in [5.74, 6) is 1.91. The van der Waals surface area contributed by atoms with Crippen molar-refractivity contribution in [2.75, 3.05) is 39.3 Å². The van der Waals surface area contributed by atoms with E-state index in [0.29, 0.717) is 17.9 Å². The van der Waals surface area contributed by atoms with Crippen molar-refractivity contribution in [1.29, 1.82) is 0 Å². The van der Waals surface area contributed by atoms with E-state index in [-0.39, 0.29) is 5.78 Å². The number of hydrogen-bond donors (Lipinski definition) is 0. The van der Waals surface area contributed by atoms with Gasteiger partial charge in [-0.1, -0.05) is 6.07 Å². The van der Waals surface area contributed by atoms with Crippen molar-refractivity contribution in [3.63, 3.8) is 0 Å². The van der Waals surface area contributed by atoms with Crippen LogP contribution in [-0.2, 0) is 0 Å². The summed E-state index contributed by atoms with van der Waals surface area (Å²) in [4.78, 5) is 14.3. The molecule has 0 N–H and O–H groups in total. The molecule has 0 spiro atoms. The van der Waals surface area contributed by atoms with E-state index < -0.39 is 0 Å². The minimum absolute atomic E-state index is 0.114. The van der Waals surface area contributed by atoms with Crippen LogP contribution in [0.4, 0.5) is 0 Å². The molecule has 0 amide bonds. The summed E-state index contributed by atoms with van der Waals surface area (Å²) < 4.78 is 5.28. The fraction of sp³-hybridized carbons (Fsp3) is 0.533. The standard InChI is InChI=1S/C15H23NO2S/c1-12-6-7-13(15(10-12)18-3)14(17)11-16(2)8-5-9-19-4/h6-7,10H,5,8-9,11H2,1-4H3. The molecule has 106 valence electrons. The van der Waals surface area contributed by atoms with E-state index in [2.05, 4.69) is 11.2 Å². The number of ether oxygens (including phenoxy) is 1. The summed E-state index contributed by atoms with van der Waals surface area (Å²) in [6.45, 7) is 3.37. The zero-order valence-corrected chi connectivity index (χ0v) is 13.0. The van der Waals surface area contributed by atoms with Crippen LogP contribution in [0.3, 0.4) is 0 Å². The first kappa shape index (κ1) is 16.1. The van der Waals surface area contributed by atoms with E-state index in [0.717, 1.165) is 24.3 Å². The SMILES string of the molecule is COc1cc(C)ccc1C(=O)CN(C)CCCSC. The third kappa shape index (κ3) is 5.25. The topological polar surface area (TPSA) is 29.5 Å². The number of aryl methyl sites for hydroxylation is 1. The number of hydrogen-bond acceptors (Lipinski definition) is 4. The minimum atomic E-state index is 0.114. The van der Waals surface area contributed by atoms with E-state index in [1.165, 1.54) is 0 Å². The van der Waals surface area contributed by atoms with E-state index in [9.17, 15) is 4.79 Å². The average Bonchev–Trinajstić information content (AvgIpc) is 2.38. The highest BCUT2D eigenvalue weighted by atomic mass is 32.2. The molecule has 0 aliphatic rings. The van der Waals surface area contributed by atoms with Gasteiger partial charge in [0, 0.05) is 0 Å². The number of carbonyl (C=O) groups excluding carboxylic acids is 1. The number of carbonyl (C=O) groups is 1. The molecule has 19 heavy (non-hydrogen) atoms. The second-order valence-electron chi connectivity index (χ2n) is 4.71. The van der Waals surface area contributed by atoms with Crippen molar-refractivity contribution in [2.24, 2.45) is 0 Å². The Bertz CT molecular complexity index is 421. The molecule has 0 aliphatic carbocycles. The van der Waals surface area contributed by atoms with Crippen molar-refractivity contribution >= 4 is 17.5 Å². The Morgan fingerprint density at radius 3 is 2.79 bits per heavy atom. The highest BCUT2D eigenvalue weighted by Crippen LogP contribution is 2.20. The first-order chi connectivity index (χ1) is 9.08. The number of thioether (sulfide) groups is 1. The molecule has 1 aromatic carbocycles. The lowest BCUT2D eigenvalue weighted by Gasteiger charge is -2.16. The molecule has 4 heteroatoms. The highest BCUT2D eigenvalue weighted by molar-refractivity contribution is 7.98. The van der Waals surface area contributed by atoms with Gasteiger partial charge >= 0.3 is 0 Å². The van der Waals surface area contributed by atoms with Gasteiger partial charge in [-0.25, -0.2) is 0 Å². The third-order valence-electron chi connectivity index (χ3n) is 2.96. The molecular formula is C15H23NO2S. The second-order valence-corrected chi connectivity index (χ2v) is 5.70. The van der Waals surface area contributed by atoms with Crippen molar-refractivity contribution in [1.82, 2.24) is 4.90 Å². The molecule has 0 fully saturated rings. The molecule has 0 aromatic heterocycles. The van der Waals surface area contributed by atoms with Gasteiger partial charge in [-0.05, 0) is 56.6 Å². The first-order valence-corrected chi connectivity index (χ1v) is 7.83. The quantitative estimate of drug-likeness (QED) is 0.541. The van der Waals surface area contributed by atoms with Crippen molar-refractivity contribution in [3.8, 4) is 5.75 Å². The van der Waals surface area contributed by atoms with Crippen LogP contribution in [0.25, 0.3) is 0 Å². The van der Waals surface area contributed by atoms with Crippen molar-refractivity contribution < 1.29 is 9.53 Å². The van der Waals surface area contributed by atoms with E-state index in [1.54, 1.807) is 7.11 Å². The number of nitrogens with zero attached hydrogens (tertiary/aromatic N) is 1. The van der Waals surface area contributed by atoms with E-state index >= 15 is 0 Å². The summed E-state index contributed by atoms with van der Waals surface area (Å²) in [6.07, 6.45) is 3.21. The fourth-order valence-corrected chi connectivity index (χ4v) is 2.33. The Morgan fingerprint density at radius 1 is 1.42 bits per heavy atom. The number of rotatable bonds is 8. The maximum atomic E-state index is 12.3. The van der Waals surface area contributed by atoms with E-state index in [4.69, 9.17) is 4.74 Å². The number of likely N-dealkylation sites (N-methyl/N-ethyl adjacent to an activating group) is 1. The Balaban J connectivity index is 2.62. The Kier molecular flexibility index (Phi) is 6.95. The maximum absolute atomic E-state index is 12.3. The van der Waals surface area contributed by atoms with Gasteiger partial charge < -0.3 is 4.74 Å². The van der Waals surface area contributed by atoms with Crippen LogP contribution in [0.5, 0.6) is 5.75 Å². The molecular weight excluding hydrogens is 258 g/mol. The molecule has 0 heterocycles. The van der Waals surface area contributed by atoms with Crippen LogP contribution >= 0.6 is 11.8 Å². The minimum Gasteiger partial charge on any atom is -0.496 e.